The number of thiazole rings is 1. The summed E-state index contributed by atoms with van der Waals surface area (Å²) >= 11 is 1.56. The summed E-state index contributed by atoms with van der Waals surface area (Å²) in [7, 11) is 0. The van der Waals surface area contributed by atoms with Gasteiger partial charge in [-0.2, -0.15) is 0 Å². The summed E-state index contributed by atoms with van der Waals surface area (Å²) in [5.41, 5.74) is 0.799. The van der Waals surface area contributed by atoms with E-state index in [9.17, 15) is 4.79 Å². The highest BCUT2D eigenvalue weighted by molar-refractivity contribution is 7.09. The lowest BCUT2D eigenvalue weighted by molar-refractivity contribution is -0.141. The maximum Gasteiger partial charge on any atom is 0.331 e. The molecule has 0 aliphatic rings. The molecule has 4 heteroatoms. The Morgan fingerprint density at radius 2 is 2.36 bits per heavy atom. The van der Waals surface area contributed by atoms with Crippen molar-refractivity contribution in [1.82, 2.24) is 4.98 Å². The normalized spacial score (nSPS) is 11.1. The van der Waals surface area contributed by atoms with Crippen molar-refractivity contribution in [2.24, 2.45) is 0 Å². The van der Waals surface area contributed by atoms with Gasteiger partial charge in [0.15, 0.2) is 0 Å². The van der Waals surface area contributed by atoms with E-state index in [1.165, 1.54) is 6.08 Å². The lowest BCUT2D eigenvalue weighted by Gasteiger charge is -2.03. The minimum Gasteiger partial charge on any atom is -0.460 e. The first kappa shape index (κ1) is 10.9. The number of esters is 1. The molecule has 76 valence electrons. The average Bonchev–Trinajstić information content (AvgIpc) is 2.47. The van der Waals surface area contributed by atoms with Crippen LogP contribution in [0.3, 0.4) is 0 Å². The Morgan fingerprint density at radius 3 is 2.86 bits per heavy atom. The summed E-state index contributed by atoms with van der Waals surface area (Å²) in [4.78, 5) is 15.3. The lowest BCUT2D eigenvalue weighted by atomic mass is 10.4. The molecule has 1 aromatic heterocycles. The number of carbonyl (C=O) groups is 1. The Hall–Kier alpha value is -1.16. The molecule has 0 aliphatic carbocycles. The highest BCUT2D eigenvalue weighted by Gasteiger charge is 2.00. The number of aromatic nitrogens is 1. The molecule has 0 aromatic carbocycles. The van der Waals surface area contributed by atoms with Crippen molar-refractivity contribution in [3.05, 3.63) is 22.2 Å². The van der Waals surface area contributed by atoms with Crippen LogP contribution in [-0.4, -0.2) is 17.1 Å². The first-order valence-electron chi connectivity index (χ1n) is 4.39. The summed E-state index contributed by atoms with van der Waals surface area (Å²) in [5.74, 6) is -0.328. The van der Waals surface area contributed by atoms with Gasteiger partial charge in [0.05, 0.1) is 16.8 Å². The van der Waals surface area contributed by atoms with Crippen molar-refractivity contribution in [3.63, 3.8) is 0 Å². The van der Waals surface area contributed by atoms with Gasteiger partial charge >= 0.3 is 5.97 Å². The van der Waals surface area contributed by atoms with Crippen molar-refractivity contribution >= 4 is 23.4 Å². The van der Waals surface area contributed by atoms with Crippen LogP contribution < -0.4 is 0 Å². The van der Waals surface area contributed by atoms with E-state index in [1.54, 1.807) is 17.4 Å². The molecular weight excluding hydrogens is 198 g/mol. The fourth-order valence-corrected chi connectivity index (χ4v) is 1.46. The second kappa shape index (κ2) is 4.91. The largest absolute Gasteiger partial charge is 0.460 e. The highest BCUT2D eigenvalue weighted by atomic mass is 32.1. The van der Waals surface area contributed by atoms with Crippen LogP contribution in [0, 0.1) is 6.92 Å². The molecule has 0 radical (unpaired) electrons. The zero-order valence-electron chi connectivity index (χ0n) is 8.48. The number of ether oxygens (including phenoxy) is 1. The molecule has 0 saturated carbocycles. The standard InChI is InChI=1S/C10H13NO2S/c1-7(2)13-10(12)5-4-9-6-14-8(3)11-9/h4-7H,1-3H3. The van der Waals surface area contributed by atoms with Crippen LogP contribution in [0.1, 0.15) is 24.5 Å². The van der Waals surface area contributed by atoms with E-state index in [1.807, 2.05) is 26.2 Å². The van der Waals surface area contributed by atoms with E-state index in [-0.39, 0.29) is 12.1 Å². The molecular formula is C10H13NO2S. The van der Waals surface area contributed by atoms with Crippen LogP contribution in [-0.2, 0) is 9.53 Å². The molecule has 3 nitrogen and oxygen atoms in total. The SMILES string of the molecule is Cc1nc(C=CC(=O)OC(C)C)cs1. The van der Waals surface area contributed by atoms with E-state index in [2.05, 4.69) is 4.98 Å². The maximum atomic E-state index is 11.1. The Labute approximate surface area is 87.4 Å². The first-order valence-corrected chi connectivity index (χ1v) is 5.26. The predicted molar refractivity (Wildman–Crippen MR) is 57.1 cm³/mol. The van der Waals surface area contributed by atoms with E-state index < -0.39 is 0 Å². The minimum atomic E-state index is -0.328. The monoisotopic (exact) mass is 211 g/mol. The summed E-state index contributed by atoms with van der Waals surface area (Å²) in [6.07, 6.45) is 2.98. The van der Waals surface area contributed by atoms with Crippen LogP contribution in [0.2, 0.25) is 0 Å². The fraction of sp³-hybridized carbons (Fsp3) is 0.400. The van der Waals surface area contributed by atoms with Crippen LogP contribution in [0.5, 0.6) is 0 Å². The molecule has 1 aromatic rings. The van der Waals surface area contributed by atoms with Crippen LogP contribution in [0.4, 0.5) is 0 Å². The molecule has 0 unspecified atom stereocenters. The molecule has 0 bridgehead atoms. The second-order valence-electron chi connectivity index (χ2n) is 3.11. The van der Waals surface area contributed by atoms with Crippen LogP contribution >= 0.6 is 11.3 Å². The highest BCUT2D eigenvalue weighted by Crippen LogP contribution is 2.09. The number of rotatable bonds is 3. The molecule has 1 rings (SSSR count). The van der Waals surface area contributed by atoms with Crippen molar-refractivity contribution in [3.8, 4) is 0 Å². The van der Waals surface area contributed by atoms with Gasteiger partial charge in [-0.3, -0.25) is 0 Å². The third-order valence-electron chi connectivity index (χ3n) is 1.38. The molecule has 0 atom stereocenters. The van der Waals surface area contributed by atoms with Gasteiger partial charge in [-0.25, -0.2) is 9.78 Å². The molecule has 14 heavy (non-hydrogen) atoms. The van der Waals surface area contributed by atoms with Gasteiger partial charge in [0, 0.05) is 11.5 Å². The van der Waals surface area contributed by atoms with Crippen molar-refractivity contribution < 1.29 is 9.53 Å². The second-order valence-corrected chi connectivity index (χ2v) is 4.17. The fourth-order valence-electron chi connectivity index (χ4n) is 0.882. The van der Waals surface area contributed by atoms with Gasteiger partial charge in [0.1, 0.15) is 0 Å². The zero-order valence-corrected chi connectivity index (χ0v) is 9.30. The zero-order chi connectivity index (χ0) is 10.6. The predicted octanol–water partition coefficient (Wildman–Crippen LogP) is 2.42. The Bertz CT molecular complexity index is 342. The van der Waals surface area contributed by atoms with Gasteiger partial charge in [0.2, 0.25) is 0 Å². The van der Waals surface area contributed by atoms with Gasteiger partial charge in [0.25, 0.3) is 0 Å². The third-order valence-corrected chi connectivity index (χ3v) is 2.17. The molecule has 0 saturated heterocycles. The summed E-state index contributed by atoms with van der Waals surface area (Å²) in [6, 6.07) is 0. The molecule has 0 fully saturated rings. The van der Waals surface area contributed by atoms with Crippen molar-refractivity contribution in [1.29, 1.82) is 0 Å². The molecule has 0 spiro atoms. The average molecular weight is 211 g/mol. The summed E-state index contributed by atoms with van der Waals surface area (Å²) < 4.78 is 4.93. The first-order chi connectivity index (χ1) is 6.58. The Balaban J connectivity index is 2.51. The van der Waals surface area contributed by atoms with Gasteiger partial charge in [-0.15, -0.1) is 11.3 Å². The van der Waals surface area contributed by atoms with Crippen molar-refractivity contribution in [2.75, 3.05) is 0 Å². The minimum absolute atomic E-state index is 0.0793. The number of nitrogens with zero attached hydrogens (tertiary/aromatic N) is 1. The smallest absolute Gasteiger partial charge is 0.331 e. The molecule has 0 amide bonds. The topological polar surface area (TPSA) is 39.2 Å². The van der Waals surface area contributed by atoms with E-state index >= 15 is 0 Å². The number of carbonyl (C=O) groups excluding carboxylic acids is 1. The van der Waals surface area contributed by atoms with Crippen molar-refractivity contribution in [2.45, 2.75) is 26.9 Å². The number of hydrogen-bond acceptors (Lipinski definition) is 4. The molecule has 0 aliphatic heterocycles. The van der Waals surface area contributed by atoms with Gasteiger partial charge in [-0.1, -0.05) is 0 Å². The van der Waals surface area contributed by atoms with Crippen LogP contribution in [0.25, 0.3) is 6.08 Å². The maximum absolute atomic E-state index is 11.1. The summed E-state index contributed by atoms with van der Waals surface area (Å²) in [6.45, 7) is 5.56. The Morgan fingerprint density at radius 1 is 1.64 bits per heavy atom. The lowest BCUT2D eigenvalue weighted by Crippen LogP contribution is -2.08. The van der Waals surface area contributed by atoms with Gasteiger partial charge < -0.3 is 4.74 Å². The summed E-state index contributed by atoms with van der Waals surface area (Å²) in [5, 5.41) is 2.89. The van der Waals surface area contributed by atoms with Gasteiger partial charge in [-0.05, 0) is 26.8 Å². The number of aryl methyl sites for hydroxylation is 1. The van der Waals surface area contributed by atoms with E-state index in [4.69, 9.17) is 4.74 Å². The van der Waals surface area contributed by atoms with E-state index in [0.717, 1.165) is 10.7 Å². The molecule has 1 heterocycles. The third kappa shape index (κ3) is 3.70. The number of hydrogen-bond donors (Lipinski definition) is 0. The Kier molecular flexibility index (Phi) is 3.83. The quantitative estimate of drug-likeness (QED) is 0.569. The van der Waals surface area contributed by atoms with Crippen LogP contribution in [0.15, 0.2) is 11.5 Å². The van der Waals surface area contributed by atoms with E-state index in [0.29, 0.717) is 0 Å². The molecule has 0 N–H and O–H groups in total.